The number of fused-ring (bicyclic) bond motifs is 1. The molecule has 0 aliphatic heterocycles. The van der Waals surface area contributed by atoms with Crippen LogP contribution in [0.3, 0.4) is 0 Å². The largest absolute Gasteiger partial charge is 0.304 e. The molecule has 0 saturated heterocycles. The van der Waals surface area contributed by atoms with Gasteiger partial charge in [0.15, 0.2) is 0 Å². The Bertz CT molecular complexity index is 1270. The number of hydrogen-bond donors (Lipinski definition) is 0. The first-order chi connectivity index (χ1) is 13.9. The predicted molar refractivity (Wildman–Crippen MR) is 115 cm³/mol. The van der Waals surface area contributed by atoms with Crippen molar-refractivity contribution in [2.75, 3.05) is 0 Å². The maximum atomic E-state index is 4.65. The zero-order valence-electron chi connectivity index (χ0n) is 15.5. The van der Waals surface area contributed by atoms with E-state index in [2.05, 4.69) is 82.8 Å². The second-order valence-corrected chi connectivity index (χ2v) is 6.70. The molecule has 141 valence electrons. The van der Waals surface area contributed by atoms with Gasteiger partial charge in [-0.1, -0.05) is 60.7 Å². The van der Waals surface area contributed by atoms with Gasteiger partial charge in [0.25, 0.3) is 0 Å². The molecule has 0 bridgehead atoms. The van der Waals surface area contributed by atoms with Crippen LogP contribution in [-0.4, -0.2) is 9.97 Å². The molecular formula is C26H17IrN2-. The summed E-state index contributed by atoms with van der Waals surface area (Å²) in [5, 5.41) is 2.32. The summed E-state index contributed by atoms with van der Waals surface area (Å²) in [6.45, 7) is 0. The summed E-state index contributed by atoms with van der Waals surface area (Å²) < 4.78 is 0. The van der Waals surface area contributed by atoms with Gasteiger partial charge in [0.2, 0.25) is 0 Å². The molecular weight excluding hydrogens is 533 g/mol. The molecule has 2 heterocycles. The van der Waals surface area contributed by atoms with Crippen molar-refractivity contribution in [2.24, 2.45) is 0 Å². The molecule has 0 N–H and O–H groups in total. The van der Waals surface area contributed by atoms with Crippen LogP contribution in [0, 0.1) is 6.07 Å². The molecule has 0 fully saturated rings. The van der Waals surface area contributed by atoms with Gasteiger partial charge in [-0.05, 0) is 33.7 Å². The third kappa shape index (κ3) is 3.88. The first-order valence-electron chi connectivity index (χ1n) is 9.25. The molecule has 0 spiro atoms. The molecule has 29 heavy (non-hydrogen) atoms. The molecule has 0 aliphatic carbocycles. The monoisotopic (exact) mass is 550 g/mol. The number of benzene rings is 3. The van der Waals surface area contributed by atoms with Crippen molar-refractivity contribution in [3.8, 4) is 33.5 Å². The van der Waals surface area contributed by atoms with E-state index in [0.29, 0.717) is 0 Å². The van der Waals surface area contributed by atoms with Crippen molar-refractivity contribution in [1.82, 2.24) is 9.97 Å². The third-order valence-corrected chi connectivity index (χ3v) is 4.93. The summed E-state index contributed by atoms with van der Waals surface area (Å²) in [6.07, 6.45) is 5.69. The zero-order chi connectivity index (χ0) is 18.8. The number of pyridine rings is 2. The van der Waals surface area contributed by atoms with E-state index < -0.39 is 0 Å². The average Bonchev–Trinajstić information content (AvgIpc) is 2.79. The Kier molecular flexibility index (Phi) is 5.62. The first-order valence-corrected chi connectivity index (χ1v) is 9.25. The summed E-state index contributed by atoms with van der Waals surface area (Å²) in [5.74, 6) is 0. The van der Waals surface area contributed by atoms with E-state index in [1.165, 1.54) is 5.39 Å². The van der Waals surface area contributed by atoms with Crippen LogP contribution in [0.25, 0.3) is 44.3 Å². The van der Waals surface area contributed by atoms with Gasteiger partial charge in [-0.15, -0.1) is 35.4 Å². The van der Waals surface area contributed by atoms with Gasteiger partial charge in [-0.2, -0.15) is 0 Å². The van der Waals surface area contributed by atoms with Crippen LogP contribution >= 0.6 is 0 Å². The molecule has 5 aromatic rings. The molecule has 0 amide bonds. The molecule has 3 aromatic carbocycles. The van der Waals surface area contributed by atoms with E-state index in [1.54, 1.807) is 0 Å². The first kappa shape index (κ1) is 19.2. The standard InChI is InChI=1S/C26H17N2.Ir/c1-2-7-19(8-3-1)25-18-27-14-13-24(25)21-11-6-12-22(15-21)26-16-20-9-4-5-10-23(20)17-28-26;/h1-11,13-18H;/q-1;. The van der Waals surface area contributed by atoms with Crippen molar-refractivity contribution in [2.45, 2.75) is 0 Å². The molecule has 0 atom stereocenters. The number of nitrogens with zero attached hydrogens (tertiary/aromatic N) is 2. The fourth-order valence-electron chi connectivity index (χ4n) is 3.51. The molecule has 5 rings (SSSR count). The molecule has 0 aliphatic rings. The quantitative estimate of drug-likeness (QED) is 0.243. The minimum Gasteiger partial charge on any atom is -0.304 e. The van der Waals surface area contributed by atoms with Gasteiger partial charge in [0.05, 0.1) is 0 Å². The van der Waals surface area contributed by atoms with Crippen molar-refractivity contribution in [3.05, 3.63) is 110 Å². The van der Waals surface area contributed by atoms with Gasteiger partial charge in [-0.3, -0.25) is 4.98 Å². The Morgan fingerprint density at radius 3 is 2.31 bits per heavy atom. The van der Waals surface area contributed by atoms with Gasteiger partial charge < -0.3 is 4.98 Å². The van der Waals surface area contributed by atoms with E-state index in [-0.39, 0.29) is 20.1 Å². The molecule has 0 saturated carbocycles. The van der Waals surface area contributed by atoms with Crippen LogP contribution in [-0.2, 0) is 20.1 Å². The predicted octanol–water partition coefficient (Wildman–Crippen LogP) is 6.43. The average molecular weight is 550 g/mol. The fourth-order valence-corrected chi connectivity index (χ4v) is 3.51. The van der Waals surface area contributed by atoms with Crippen LogP contribution in [0.15, 0.2) is 104 Å². The normalized spacial score (nSPS) is 10.5. The molecule has 2 nitrogen and oxygen atoms in total. The minimum atomic E-state index is 0. The summed E-state index contributed by atoms with van der Waals surface area (Å²) >= 11 is 0. The van der Waals surface area contributed by atoms with Crippen molar-refractivity contribution in [3.63, 3.8) is 0 Å². The molecule has 0 unspecified atom stereocenters. The van der Waals surface area contributed by atoms with E-state index >= 15 is 0 Å². The van der Waals surface area contributed by atoms with Crippen LogP contribution in [0.1, 0.15) is 0 Å². The van der Waals surface area contributed by atoms with Crippen LogP contribution in [0.4, 0.5) is 0 Å². The second-order valence-electron chi connectivity index (χ2n) is 6.70. The Hall–Kier alpha value is -3.13. The maximum Gasteiger partial charge on any atom is 0.0351 e. The Balaban J connectivity index is 0.00000205. The van der Waals surface area contributed by atoms with Crippen molar-refractivity contribution in [1.29, 1.82) is 0 Å². The Morgan fingerprint density at radius 1 is 0.655 bits per heavy atom. The summed E-state index contributed by atoms with van der Waals surface area (Å²) in [7, 11) is 0. The van der Waals surface area contributed by atoms with Crippen LogP contribution in [0.2, 0.25) is 0 Å². The van der Waals surface area contributed by atoms with E-state index in [1.807, 2.05) is 36.8 Å². The van der Waals surface area contributed by atoms with Gasteiger partial charge in [0.1, 0.15) is 0 Å². The van der Waals surface area contributed by atoms with Gasteiger partial charge >= 0.3 is 0 Å². The molecule has 1 radical (unpaired) electrons. The van der Waals surface area contributed by atoms with Gasteiger partial charge in [0, 0.05) is 44.3 Å². The third-order valence-electron chi connectivity index (χ3n) is 4.93. The second kappa shape index (κ2) is 8.48. The summed E-state index contributed by atoms with van der Waals surface area (Å²) in [6, 6.07) is 32.4. The fraction of sp³-hybridized carbons (Fsp3) is 0. The SMILES string of the molecule is [Ir].[c-]1ccc(-c2ccncc2-c2ccccc2)cc1-c1cc2ccccc2cn1. The van der Waals surface area contributed by atoms with E-state index in [0.717, 1.165) is 38.9 Å². The van der Waals surface area contributed by atoms with Crippen molar-refractivity contribution < 1.29 is 20.1 Å². The zero-order valence-corrected chi connectivity index (χ0v) is 17.9. The Labute approximate surface area is 183 Å². The van der Waals surface area contributed by atoms with E-state index in [4.69, 9.17) is 0 Å². The smallest absolute Gasteiger partial charge is 0.0351 e. The molecule has 2 aromatic heterocycles. The number of rotatable bonds is 3. The van der Waals surface area contributed by atoms with Crippen molar-refractivity contribution >= 4 is 10.8 Å². The molecule has 3 heteroatoms. The maximum absolute atomic E-state index is 4.65. The summed E-state index contributed by atoms with van der Waals surface area (Å²) in [5.41, 5.74) is 6.47. The van der Waals surface area contributed by atoms with Gasteiger partial charge in [-0.25, -0.2) is 0 Å². The number of aromatic nitrogens is 2. The van der Waals surface area contributed by atoms with Crippen LogP contribution in [0.5, 0.6) is 0 Å². The number of hydrogen-bond acceptors (Lipinski definition) is 2. The Morgan fingerprint density at radius 2 is 1.45 bits per heavy atom. The van der Waals surface area contributed by atoms with E-state index in [9.17, 15) is 0 Å². The minimum absolute atomic E-state index is 0. The summed E-state index contributed by atoms with van der Waals surface area (Å²) in [4.78, 5) is 8.99. The topological polar surface area (TPSA) is 25.8 Å². The van der Waals surface area contributed by atoms with Crippen LogP contribution < -0.4 is 0 Å².